The molecule has 1 aromatic rings. The van der Waals surface area contributed by atoms with Crippen molar-refractivity contribution < 1.29 is 9.47 Å². The lowest BCUT2D eigenvalue weighted by atomic mass is 10.0. The smallest absolute Gasteiger partial charge is 0.161 e. The van der Waals surface area contributed by atoms with E-state index >= 15 is 0 Å². The van der Waals surface area contributed by atoms with E-state index in [0.29, 0.717) is 11.5 Å². The Morgan fingerprint density at radius 3 is 2.39 bits per heavy atom. The van der Waals surface area contributed by atoms with Gasteiger partial charge in [0.15, 0.2) is 11.5 Å². The lowest BCUT2D eigenvalue weighted by Gasteiger charge is -2.16. The molecule has 0 saturated heterocycles. The van der Waals surface area contributed by atoms with Crippen molar-refractivity contribution in [3.05, 3.63) is 34.8 Å². The van der Waals surface area contributed by atoms with E-state index in [2.05, 4.69) is 22.5 Å². The van der Waals surface area contributed by atoms with Crippen LogP contribution in [0.3, 0.4) is 0 Å². The minimum atomic E-state index is -0.0396. The minimum absolute atomic E-state index is 0. The van der Waals surface area contributed by atoms with E-state index < -0.39 is 0 Å². The van der Waals surface area contributed by atoms with Gasteiger partial charge in [-0.05, 0) is 30.5 Å². The summed E-state index contributed by atoms with van der Waals surface area (Å²) in [7, 11) is 3.23. The van der Waals surface area contributed by atoms with Gasteiger partial charge in [-0.1, -0.05) is 22.0 Å². The molecule has 0 aliphatic carbocycles. The van der Waals surface area contributed by atoms with Gasteiger partial charge >= 0.3 is 0 Å². The Hall–Kier alpha value is -0.710. The summed E-state index contributed by atoms with van der Waals surface area (Å²) in [5, 5.41) is 0. The number of halogens is 2. The third-order valence-electron chi connectivity index (χ3n) is 2.58. The second kappa shape index (κ2) is 8.40. The fourth-order valence-electron chi connectivity index (χ4n) is 1.61. The van der Waals surface area contributed by atoms with Crippen LogP contribution in [-0.2, 0) is 0 Å². The number of allylic oxidation sites excluding steroid dienone is 1. The highest BCUT2D eigenvalue weighted by Gasteiger charge is 2.14. The van der Waals surface area contributed by atoms with Gasteiger partial charge in [-0.15, -0.1) is 19.0 Å². The SMILES string of the molecule is C=CCC[C@H](N)c1cc(OC)c(OC)cc1Br.Cl. The van der Waals surface area contributed by atoms with Crippen LogP contribution in [0, 0.1) is 0 Å². The minimum Gasteiger partial charge on any atom is -0.493 e. The highest BCUT2D eigenvalue weighted by Crippen LogP contribution is 2.36. The van der Waals surface area contributed by atoms with Crippen LogP contribution in [-0.4, -0.2) is 14.2 Å². The third kappa shape index (κ3) is 4.19. The van der Waals surface area contributed by atoms with Gasteiger partial charge in [0.1, 0.15) is 0 Å². The molecule has 0 aliphatic rings. The topological polar surface area (TPSA) is 44.5 Å². The lowest BCUT2D eigenvalue weighted by Crippen LogP contribution is -2.11. The summed E-state index contributed by atoms with van der Waals surface area (Å²) < 4.78 is 11.4. The molecule has 1 aromatic carbocycles. The van der Waals surface area contributed by atoms with Gasteiger partial charge < -0.3 is 15.2 Å². The first-order valence-corrected chi connectivity index (χ1v) is 6.21. The fourth-order valence-corrected chi connectivity index (χ4v) is 2.22. The maximum Gasteiger partial charge on any atom is 0.161 e. The van der Waals surface area contributed by atoms with Gasteiger partial charge in [0.2, 0.25) is 0 Å². The van der Waals surface area contributed by atoms with Crippen LogP contribution in [0.5, 0.6) is 11.5 Å². The van der Waals surface area contributed by atoms with Crippen LogP contribution in [0.15, 0.2) is 29.3 Å². The highest BCUT2D eigenvalue weighted by molar-refractivity contribution is 9.10. The second-order valence-corrected chi connectivity index (χ2v) is 4.56. The Labute approximate surface area is 123 Å². The van der Waals surface area contributed by atoms with E-state index in [4.69, 9.17) is 15.2 Å². The van der Waals surface area contributed by atoms with Crippen LogP contribution in [0.25, 0.3) is 0 Å². The Morgan fingerprint density at radius 2 is 1.89 bits per heavy atom. The molecule has 0 heterocycles. The summed E-state index contributed by atoms with van der Waals surface area (Å²) in [6.07, 6.45) is 3.62. The van der Waals surface area contributed by atoms with E-state index in [0.717, 1.165) is 22.9 Å². The molecule has 2 N–H and O–H groups in total. The van der Waals surface area contributed by atoms with E-state index in [9.17, 15) is 0 Å². The summed E-state index contributed by atoms with van der Waals surface area (Å²) in [5.41, 5.74) is 7.14. The number of nitrogens with two attached hydrogens (primary N) is 1. The number of benzene rings is 1. The molecule has 102 valence electrons. The third-order valence-corrected chi connectivity index (χ3v) is 3.27. The van der Waals surface area contributed by atoms with Crippen molar-refractivity contribution in [1.29, 1.82) is 0 Å². The zero-order chi connectivity index (χ0) is 12.8. The first kappa shape index (κ1) is 17.3. The fraction of sp³-hybridized carbons (Fsp3) is 0.385. The van der Waals surface area contributed by atoms with Crippen LogP contribution in [0.1, 0.15) is 24.4 Å². The average Bonchev–Trinajstić information content (AvgIpc) is 2.35. The Morgan fingerprint density at radius 1 is 1.33 bits per heavy atom. The Balaban J connectivity index is 0.00000289. The van der Waals surface area contributed by atoms with Gasteiger partial charge in [0.25, 0.3) is 0 Å². The molecule has 0 amide bonds. The monoisotopic (exact) mass is 335 g/mol. The van der Waals surface area contributed by atoms with E-state index in [1.54, 1.807) is 14.2 Å². The number of ether oxygens (including phenoxy) is 2. The zero-order valence-corrected chi connectivity index (χ0v) is 13.0. The predicted octanol–water partition coefficient (Wildman–Crippen LogP) is 3.85. The summed E-state index contributed by atoms with van der Waals surface area (Å²) in [6, 6.07) is 3.75. The van der Waals surface area contributed by atoms with Crippen molar-refractivity contribution in [3.8, 4) is 11.5 Å². The Kier molecular flexibility index (Phi) is 8.07. The largest absolute Gasteiger partial charge is 0.493 e. The average molecular weight is 337 g/mol. The molecule has 1 atom stereocenters. The molecular weight excluding hydrogens is 318 g/mol. The normalized spacial score (nSPS) is 11.3. The standard InChI is InChI=1S/C13H18BrNO2.ClH/c1-4-5-6-11(15)9-7-12(16-2)13(17-3)8-10(9)14;/h4,7-8,11H,1,5-6,15H2,2-3H3;1H/t11-;/m0./s1. The maximum absolute atomic E-state index is 6.12. The van der Waals surface area contributed by atoms with Gasteiger partial charge in [-0.25, -0.2) is 0 Å². The van der Waals surface area contributed by atoms with Gasteiger partial charge in [-0.3, -0.25) is 0 Å². The summed E-state index contributed by atoms with van der Waals surface area (Å²) in [6.45, 7) is 3.70. The molecule has 0 radical (unpaired) electrons. The van der Waals surface area contributed by atoms with Crippen LogP contribution >= 0.6 is 28.3 Å². The van der Waals surface area contributed by atoms with Crippen molar-refractivity contribution in [2.24, 2.45) is 5.73 Å². The second-order valence-electron chi connectivity index (χ2n) is 3.70. The summed E-state index contributed by atoms with van der Waals surface area (Å²) in [5.74, 6) is 1.39. The van der Waals surface area contributed by atoms with Crippen molar-refractivity contribution in [2.75, 3.05) is 14.2 Å². The number of hydrogen-bond acceptors (Lipinski definition) is 3. The molecular formula is C13H19BrClNO2. The molecule has 0 bridgehead atoms. The molecule has 3 nitrogen and oxygen atoms in total. The van der Waals surface area contributed by atoms with Crippen LogP contribution in [0.2, 0.25) is 0 Å². The maximum atomic E-state index is 6.12. The van der Waals surface area contributed by atoms with Crippen LogP contribution in [0.4, 0.5) is 0 Å². The molecule has 0 spiro atoms. The van der Waals surface area contributed by atoms with E-state index in [1.807, 2.05) is 18.2 Å². The summed E-state index contributed by atoms with van der Waals surface area (Å²) in [4.78, 5) is 0. The number of hydrogen-bond donors (Lipinski definition) is 1. The molecule has 0 aliphatic heterocycles. The van der Waals surface area contributed by atoms with Crippen molar-refractivity contribution in [1.82, 2.24) is 0 Å². The zero-order valence-electron chi connectivity index (χ0n) is 10.6. The lowest BCUT2D eigenvalue weighted by molar-refractivity contribution is 0.354. The van der Waals surface area contributed by atoms with Crippen molar-refractivity contribution >= 4 is 28.3 Å². The molecule has 0 aromatic heterocycles. The quantitative estimate of drug-likeness (QED) is 0.802. The van der Waals surface area contributed by atoms with Crippen molar-refractivity contribution in [2.45, 2.75) is 18.9 Å². The molecule has 1 rings (SSSR count). The molecule has 0 fully saturated rings. The molecule has 5 heteroatoms. The number of methoxy groups -OCH3 is 2. The molecule has 18 heavy (non-hydrogen) atoms. The first-order valence-electron chi connectivity index (χ1n) is 5.42. The molecule has 0 unspecified atom stereocenters. The Bertz CT molecular complexity index is 399. The van der Waals surface area contributed by atoms with Gasteiger partial charge in [0, 0.05) is 10.5 Å². The van der Waals surface area contributed by atoms with Crippen LogP contribution < -0.4 is 15.2 Å². The molecule has 0 saturated carbocycles. The van der Waals surface area contributed by atoms with E-state index in [-0.39, 0.29) is 18.4 Å². The van der Waals surface area contributed by atoms with Gasteiger partial charge in [0.05, 0.1) is 14.2 Å². The van der Waals surface area contributed by atoms with Crippen molar-refractivity contribution in [3.63, 3.8) is 0 Å². The first-order chi connectivity index (χ1) is 8.13. The highest BCUT2D eigenvalue weighted by atomic mass is 79.9. The van der Waals surface area contributed by atoms with E-state index in [1.165, 1.54) is 0 Å². The van der Waals surface area contributed by atoms with Gasteiger partial charge in [-0.2, -0.15) is 0 Å². The predicted molar refractivity (Wildman–Crippen MR) is 80.9 cm³/mol. The summed E-state index contributed by atoms with van der Waals surface area (Å²) >= 11 is 3.50. The number of rotatable bonds is 6.